The minimum Gasteiger partial charge on any atom is -0.269 e. The Morgan fingerprint density at radius 3 is 2.86 bits per heavy atom. The fourth-order valence-corrected chi connectivity index (χ4v) is 1.18. The van der Waals surface area contributed by atoms with Gasteiger partial charge in [0.05, 0.1) is 10.9 Å². The quantitative estimate of drug-likeness (QED) is 0.527. The van der Waals surface area contributed by atoms with Crippen LogP contribution in [0.1, 0.15) is 5.69 Å². The second-order valence-electron chi connectivity index (χ2n) is 2.90. The van der Waals surface area contributed by atoms with Crippen LogP contribution in [-0.4, -0.2) is 14.4 Å². The predicted molar refractivity (Wildman–Crippen MR) is 51.0 cm³/mol. The summed E-state index contributed by atoms with van der Waals surface area (Å²) in [6.07, 6.45) is 1.33. The van der Waals surface area contributed by atoms with Gasteiger partial charge in [-0.3, -0.25) is 9.59 Å². The number of aryl methyl sites for hydroxylation is 1. The monoisotopic (exact) mass is 189 g/mol. The van der Waals surface area contributed by atoms with Crippen LogP contribution in [0.15, 0.2) is 21.9 Å². The number of hydrogen-bond donors (Lipinski definition) is 0. The van der Waals surface area contributed by atoms with Crippen LogP contribution in [0.2, 0.25) is 0 Å². The lowest BCUT2D eigenvalue weighted by Gasteiger charge is -1.97. The number of fused-ring (bicyclic) bond motifs is 1. The van der Waals surface area contributed by atoms with Crippen LogP contribution in [0, 0.1) is 6.92 Å². The molecule has 0 aliphatic heterocycles. The fraction of sp³-hybridized carbons (Fsp3) is 0.111. The molecule has 14 heavy (non-hydrogen) atoms. The van der Waals surface area contributed by atoms with E-state index in [1.165, 1.54) is 12.3 Å². The van der Waals surface area contributed by atoms with E-state index >= 15 is 0 Å². The van der Waals surface area contributed by atoms with Gasteiger partial charge in [0.15, 0.2) is 0 Å². The van der Waals surface area contributed by atoms with Crippen molar-refractivity contribution in [2.75, 3.05) is 0 Å². The van der Waals surface area contributed by atoms with E-state index in [0.29, 0.717) is 5.69 Å². The first-order valence-electron chi connectivity index (χ1n) is 3.98. The first-order chi connectivity index (χ1) is 6.61. The van der Waals surface area contributed by atoms with Gasteiger partial charge in [-0.05, 0) is 6.92 Å². The van der Waals surface area contributed by atoms with Crippen molar-refractivity contribution in [3.8, 4) is 0 Å². The molecule has 2 heterocycles. The average molecular weight is 189 g/mol. The molecule has 0 fully saturated rings. The highest BCUT2D eigenvalue weighted by Gasteiger charge is 2.04. The number of hydrogen-bond acceptors (Lipinski definition) is 4. The molecule has 0 aromatic carbocycles. The summed E-state index contributed by atoms with van der Waals surface area (Å²) < 4.78 is 0.912. The molecular weight excluding hydrogens is 182 g/mol. The molecule has 5 nitrogen and oxygen atoms in total. The molecule has 2 aromatic rings. The van der Waals surface area contributed by atoms with Gasteiger partial charge in [-0.2, -0.15) is 0 Å². The largest absolute Gasteiger partial charge is 0.269 e. The lowest BCUT2D eigenvalue weighted by molar-refractivity contribution is 0.924. The van der Waals surface area contributed by atoms with Crippen molar-refractivity contribution in [3.05, 3.63) is 43.9 Å². The molecule has 0 radical (unpaired) electrons. The van der Waals surface area contributed by atoms with Gasteiger partial charge in [-0.1, -0.05) is 6.58 Å². The van der Waals surface area contributed by atoms with E-state index in [1.807, 2.05) is 0 Å². The Kier molecular flexibility index (Phi) is 1.67. The van der Waals surface area contributed by atoms with Crippen LogP contribution in [0.3, 0.4) is 0 Å². The first-order valence-corrected chi connectivity index (χ1v) is 3.98. The van der Waals surface area contributed by atoms with Gasteiger partial charge in [0.25, 0.3) is 11.1 Å². The zero-order chi connectivity index (χ0) is 10.3. The van der Waals surface area contributed by atoms with Gasteiger partial charge < -0.3 is 0 Å². The minimum atomic E-state index is -0.453. The van der Waals surface area contributed by atoms with Gasteiger partial charge in [0.2, 0.25) is 5.78 Å². The molecule has 0 unspecified atom stereocenters. The summed E-state index contributed by atoms with van der Waals surface area (Å²) >= 11 is 0. The Balaban J connectivity index is 3.24. The van der Waals surface area contributed by atoms with Crippen molar-refractivity contribution in [2.45, 2.75) is 6.92 Å². The van der Waals surface area contributed by atoms with Crippen LogP contribution in [0.4, 0.5) is 0 Å². The minimum absolute atomic E-state index is 0.118. The molecule has 2 aromatic heterocycles. The first kappa shape index (κ1) is 8.55. The Labute approximate surface area is 78.4 Å². The van der Waals surface area contributed by atoms with Crippen LogP contribution >= 0.6 is 0 Å². The molecule has 70 valence electrons. The topological polar surface area (TPSA) is 64.3 Å². The summed E-state index contributed by atoms with van der Waals surface area (Å²) in [5.41, 5.74) is -0.392. The highest BCUT2D eigenvalue weighted by Crippen LogP contribution is 1.84. The molecule has 0 saturated heterocycles. The van der Waals surface area contributed by atoms with Crippen molar-refractivity contribution >= 4 is 12.4 Å². The molecule has 0 spiro atoms. The van der Waals surface area contributed by atoms with Gasteiger partial charge in [0, 0.05) is 12.3 Å². The molecule has 2 rings (SSSR count). The Hall–Kier alpha value is -2.04. The van der Waals surface area contributed by atoms with Gasteiger partial charge in [0.1, 0.15) is 0 Å². The number of nitrogens with zero attached hydrogens (tertiary/aromatic N) is 3. The second kappa shape index (κ2) is 2.73. The molecule has 0 atom stereocenters. The normalized spacial score (nSPS) is 10.6. The van der Waals surface area contributed by atoms with Crippen LogP contribution < -0.4 is 16.3 Å². The molecule has 0 aliphatic rings. The lowest BCUT2D eigenvalue weighted by atomic mass is 10.4. The Bertz CT molecular complexity index is 660. The van der Waals surface area contributed by atoms with E-state index in [4.69, 9.17) is 0 Å². The molecule has 0 aliphatic carbocycles. The maximum absolute atomic E-state index is 11.6. The van der Waals surface area contributed by atoms with Crippen molar-refractivity contribution in [1.82, 2.24) is 14.4 Å². The van der Waals surface area contributed by atoms with E-state index < -0.39 is 11.1 Å². The van der Waals surface area contributed by atoms with Gasteiger partial charge in [-0.25, -0.2) is 14.4 Å². The van der Waals surface area contributed by atoms with E-state index in [0.717, 1.165) is 4.40 Å². The van der Waals surface area contributed by atoms with E-state index in [-0.39, 0.29) is 11.0 Å². The smallest absolute Gasteiger partial charge is 0.269 e. The molecule has 0 amide bonds. The number of rotatable bonds is 0. The summed E-state index contributed by atoms with van der Waals surface area (Å²) in [5.74, 6) is 0.118. The lowest BCUT2D eigenvalue weighted by Crippen LogP contribution is -2.39. The van der Waals surface area contributed by atoms with Gasteiger partial charge >= 0.3 is 0 Å². The third-order valence-corrected chi connectivity index (χ3v) is 1.99. The number of aromatic nitrogens is 3. The average Bonchev–Trinajstić information content (AvgIpc) is 2.14. The molecule has 0 bridgehead atoms. The maximum atomic E-state index is 11.6. The fourth-order valence-electron chi connectivity index (χ4n) is 1.18. The zero-order valence-corrected chi connectivity index (χ0v) is 7.52. The second-order valence-corrected chi connectivity index (χ2v) is 2.90. The third-order valence-electron chi connectivity index (χ3n) is 1.99. The van der Waals surface area contributed by atoms with Crippen molar-refractivity contribution in [2.24, 2.45) is 0 Å². The molecule has 0 saturated carbocycles. The van der Waals surface area contributed by atoms with E-state index in [2.05, 4.69) is 16.5 Å². The summed E-state index contributed by atoms with van der Waals surface area (Å²) in [4.78, 5) is 30.7. The Morgan fingerprint density at radius 1 is 1.43 bits per heavy atom. The summed E-state index contributed by atoms with van der Waals surface area (Å²) in [7, 11) is 0. The highest BCUT2D eigenvalue weighted by molar-refractivity contribution is 5.29. The molecule has 5 heteroatoms. The summed E-state index contributed by atoms with van der Waals surface area (Å²) in [6, 6.07) is 1.21. The summed E-state index contributed by atoms with van der Waals surface area (Å²) in [5, 5.41) is 0.229. The van der Waals surface area contributed by atoms with Crippen LogP contribution in [-0.2, 0) is 0 Å². The van der Waals surface area contributed by atoms with Crippen molar-refractivity contribution in [1.29, 1.82) is 0 Å². The third kappa shape index (κ3) is 1.02. The zero-order valence-electron chi connectivity index (χ0n) is 7.52. The maximum Gasteiger partial charge on any atom is 0.269 e. The van der Waals surface area contributed by atoms with E-state index in [1.54, 1.807) is 6.92 Å². The van der Waals surface area contributed by atoms with E-state index in [9.17, 15) is 9.59 Å². The molecule has 0 N–H and O–H groups in total. The van der Waals surface area contributed by atoms with Crippen LogP contribution in [0.25, 0.3) is 12.4 Å². The predicted octanol–water partition coefficient (Wildman–Crippen LogP) is -1.11. The standard InChI is InChI=1S/C9H7N3O2/c1-5-6(2)11-9-10-4-3-7(13)12(9)8(5)14/h3-4H,1H2,2H3. The van der Waals surface area contributed by atoms with Crippen molar-refractivity contribution in [3.63, 3.8) is 0 Å². The molecular formula is C9H7N3O2. The summed E-state index contributed by atoms with van der Waals surface area (Å²) in [6.45, 7) is 5.20. The van der Waals surface area contributed by atoms with Crippen molar-refractivity contribution < 1.29 is 0 Å². The highest BCUT2D eigenvalue weighted by atomic mass is 16.2. The SMILES string of the molecule is C=c1c(C)nc2nccc(=O)n2c1=O. The Morgan fingerprint density at radius 2 is 2.14 bits per heavy atom. The van der Waals surface area contributed by atoms with Crippen LogP contribution in [0.5, 0.6) is 0 Å². The van der Waals surface area contributed by atoms with Gasteiger partial charge in [-0.15, -0.1) is 0 Å².